The summed E-state index contributed by atoms with van der Waals surface area (Å²) in [5.41, 5.74) is 0.234. The van der Waals surface area contributed by atoms with Crippen molar-refractivity contribution in [3.8, 4) is 5.75 Å². The zero-order valence-electron chi connectivity index (χ0n) is 14.4. The number of pyridine rings is 1. The number of carbonyl (C=O) groups is 1. The van der Waals surface area contributed by atoms with Gasteiger partial charge in [0.2, 0.25) is 0 Å². The topological polar surface area (TPSA) is 86.3 Å². The SMILES string of the molecule is Cc1nccn1CCN(C)C(=O)c1cc(COc2cncc(Cl)c2)on1. The third-order valence-electron chi connectivity index (χ3n) is 3.79. The molecular weight excluding hydrogens is 358 g/mol. The molecule has 0 N–H and O–H groups in total. The largest absolute Gasteiger partial charge is 0.484 e. The first kappa shape index (κ1) is 17.9. The summed E-state index contributed by atoms with van der Waals surface area (Å²) in [6.45, 7) is 3.23. The van der Waals surface area contributed by atoms with E-state index in [1.54, 1.807) is 36.5 Å². The lowest BCUT2D eigenvalue weighted by molar-refractivity contribution is 0.0779. The molecule has 0 aliphatic heterocycles. The van der Waals surface area contributed by atoms with Crippen molar-refractivity contribution in [2.24, 2.45) is 0 Å². The Kier molecular flexibility index (Phi) is 5.52. The first-order valence-electron chi connectivity index (χ1n) is 7.95. The number of rotatable bonds is 7. The maximum Gasteiger partial charge on any atom is 0.275 e. The maximum atomic E-state index is 12.4. The van der Waals surface area contributed by atoms with E-state index in [0.717, 1.165) is 5.82 Å². The first-order valence-corrected chi connectivity index (χ1v) is 8.33. The Balaban J connectivity index is 1.54. The van der Waals surface area contributed by atoms with Gasteiger partial charge >= 0.3 is 0 Å². The highest BCUT2D eigenvalue weighted by atomic mass is 35.5. The van der Waals surface area contributed by atoms with Crippen molar-refractivity contribution in [3.63, 3.8) is 0 Å². The van der Waals surface area contributed by atoms with E-state index < -0.39 is 0 Å². The van der Waals surface area contributed by atoms with Crippen molar-refractivity contribution in [2.45, 2.75) is 20.1 Å². The predicted molar refractivity (Wildman–Crippen MR) is 94.0 cm³/mol. The number of imidazole rings is 1. The molecule has 3 aromatic heterocycles. The monoisotopic (exact) mass is 375 g/mol. The molecule has 0 fully saturated rings. The average molecular weight is 376 g/mol. The van der Waals surface area contributed by atoms with E-state index >= 15 is 0 Å². The van der Waals surface area contributed by atoms with Crippen molar-refractivity contribution >= 4 is 17.5 Å². The number of nitrogens with zero attached hydrogens (tertiary/aromatic N) is 5. The smallest absolute Gasteiger partial charge is 0.275 e. The Morgan fingerprint density at radius 3 is 2.96 bits per heavy atom. The summed E-state index contributed by atoms with van der Waals surface area (Å²) >= 11 is 5.85. The van der Waals surface area contributed by atoms with Crippen molar-refractivity contribution in [1.29, 1.82) is 0 Å². The fourth-order valence-corrected chi connectivity index (χ4v) is 2.47. The molecule has 0 aliphatic rings. The fraction of sp³-hybridized carbons (Fsp3) is 0.294. The van der Waals surface area contributed by atoms with E-state index in [1.807, 2.05) is 17.7 Å². The van der Waals surface area contributed by atoms with Gasteiger partial charge in [-0.15, -0.1) is 0 Å². The Labute approximate surface area is 155 Å². The summed E-state index contributed by atoms with van der Waals surface area (Å²) in [5.74, 6) is 1.63. The molecule has 9 heteroatoms. The van der Waals surface area contributed by atoms with Gasteiger partial charge in [-0.05, 0) is 6.92 Å². The van der Waals surface area contributed by atoms with E-state index in [1.165, 1.54) is 6.20 Å². The molecule has 0 aliphatic carbocycles. The lowest BCUT2D eigenvalue weighted by Crippen LogP contribution is -2.30. The lowest BCUT2D eigenvalue weighted by Gasteiger charge is -2.16. The van der Waals surface area contributed by atoms with E-state index in [-0.39, 0.29) is 18.2 Å². The van der Waals surface area contributed by atoms with Crippen molar-refractivity contribution < 1.29 is 14.1 Å². The number of hydrogen-bond acceptors (Lipinski definition) is 6. The Morgan fingerprint density at radius 1 is 1.38 bits per heavy atom. The second kappa shape index (κ2) is 8.01. The summed E-state index contributed by atoms with van der Waals surface area (Å²) in [4.78, 5) is 22.1. The van der Waals surface area contributed by atoms with Crippen molar-refractivity contribution in [1.82, 2.24) is 24.6 Å². The van der Waals surface area contributed by atoms with Gasteiger partial charge in [-0.25, -0.2) is 4.98 Å². The van der Waals surface area contributed by atoms with Gasteiger partial charge in [0.1, 0.15) is 18.2 Å². The number of carbonyl (C=O) groups excluding carboxylic acids is 1. The molecule has 8 nitrogen and oxygen atoms in total. The normalized spacial score (nSPS) is 10.7. The average Bonchev–Trinajstić information content (AvgIpc) is 3.26. The van der Waals surface area contributed by atoms with Crippen molar-refractivity contribution in [3.05, 3.63) is 59.2 Å². The number of amides is 1. The van der Waals surface area contributed by atoms with Gasteiger partial charge in [0.15, 0.2) is 11.5 Å². The highest BCUT2D eigenvalue weighted by Gasteiger charge is 2.17. The number of hydrogen-bond donors (Lipinski definition) is 0. The van der Waals surface area contributed by atoms with Gasteiger partial charge in [0.25, 0.3) is 5.91 Å². The van der Waals surface area contributed by atoms with E-state index in [4.69, 9.17) is 20.9 Å². The van der Waals surface area contributed by atoms with E-state index in [2.05, 4.69) is 15.1 Å². The van der Waals surface area contributed by atoms with Crippen LogP contribution in [0.2, 0.25) is 5.02 Å². The maximum absolute atomic E-state index is 12.4. The standard InChI is InChI=1S/C17H18ClN5O3/c1-12-20-3-4-23(12)6-5-22(2)17(24)16-8-15(26-21-16)11-25-14-7-13(18)9-19-10-14/h3-4,7-10H,5-6,11H2,1-2H3. The number of aromatic nitrogens is 4. The number of aryl methyl sites for hydroxylation is 1. The quantitative estimate of drug-likeness (QED) is 0.630. The van der Waals surface area contributed by atoms with Gasteiger partial charge in [-0.2, -0.15) is 0 Å². The minimum absolute atomic E-state index is 0.125. The van der Waals surface area contributed by atoms with Crippen LogP contribution in [-0.2, 0) is 13.2 Å². The number of likely N-dealkylation sites (N-methyl/N-ethyl adjacent to an activating group) is 1. The molecule has 0 unspecified atom stereocenters. The lowest BCUT2D eigenvalue weighted by atomic mass is 10.3. The van der Waals surface area contributed by atoms with E-state index in [0.29, 0.717) is 29.6 Å². The van der Waals surface area contributed by atoms with Crippen LogP contribution in [0, 0.1) is 6.92 Å². The van der Waals surface area contributed by atoms with Crippen molar-refractivity contribution in [2.75, 3.05) is 13.6 Å². The minimum Gasteiger partial charge on any atom is -0.484 e. The molecule has 0 bridgehead atoms. The molecule has 0 radical (unpaired) electrons. The molecule has 1 amide bonds. The van der Waals surface area contributed by atoms with Crippen LogP contribution in [0.5, 0.6) is 5.75 Å². The molecule has 3 aromatic rings. The molecule has 0 spiro atoms. The zero-order chi connectivity index (χ0) is 18.5. The Morgan fingerprint density at radius 2 is 2.23 bits per heavy atom. The molecule has 0 atom stereocenters. The number of halogens is 1. The molecule has 3 rings (SSSR count). The summed E-state index contributed by atoms with van der Waals surface area (Å²) < 4.78 is 12.7. The fourth-order valence-electron chi connectivity index (χ4n) is 2.30. The molecule has 0 saturated carbocycles. The van der Waals surface area contributed by atoms with Gasteiger partial charge in [0.05, 0.1) is 11.2 Å². The minimum atomic E-state index is -0.220. The third-order valence-corrected chi connectivity index (χ3v) is 3.99. The summed E-state index contributed by atoms with van der Waals surface area (Å²) in [6, 6.07) is 3.21. The highest BCUT2D eigenvalue weighted by Crippen LogP contribution is 2.17. The number of ether oxygens (including phenoxy) is 1. The second-order valence-electron chi connectivity index (χ2n) is 5.70. The molecule has 0 aromatic carbocycles. The zero-order valence-corrected chi connectivity index (χ0v) is 15.2. The van der Waals surface area contributed by atoms with Crippen LogP contribution in [0.1, 0.15) is 22.1 Å². The van der Waals surface area contributed by atoms with Gasteiger partial charge < -0.3 is 18.7 Å². The Bertz CT molecular complexity index is 892. The van der Waals surface area contributed by atoms with Gasteiger partial charge in [0, 0.05) is 50.9 Å². The third kappa shape index (κ3) is 4.40. The van der Waals surface area contributed by atoms with Crippen LogP contribution in [0.3, 0.4) is 0 Å². The summed E-state index contributed by atoms with van der Waals surface area (Å²) in [6.07, 6.45) is 6.67. The van der Waals surface area contributed by atoms with Gasteiger partial charge in [-0.1, -0.05) is 16.8 Å². The van der Waals surface area contributed by atoms with Crippen LogP contribution in [0.25, 0.3) is 0 Å². The molecule has 26 heavy (non-hydrogen) atoms. The second-order valence-corrected chi connectivity index (χ2v) is 6.14. The van der Waals surface area contributed by atoms with Crippen LogP contribution < -0.4 is 4.74 Å². The van der Waals surface area contributed by atoms with Crippen LogP contribution >= 0.6 is 11.6 Å². The van der Waals surface area contributed by atoms with Crippen LogP contribution in [0.4, 0.5) is 0 Å². The first-order chi connectivity index (χ1) is 12.5. The predicted octanol–water partition coefficient (Wildman–Crippen LogP) is 2.58. The molecule has 3 heterocycles. The summed E-state index contributed by atoms with van der Waals surface area (Å²) in [5, 5.41) is 4.30. The molecule has 136 valence electrons. The summed E-state index contributed by atoms with van der Waals surface area (Å²) in [7, 11) is 1.72. The highest BCUT2D eigenvalue weighted by molar-refractivity contribution is 6.30. The van der Waals surface area contributed by atoms with E-state index in [9.17, 15) is 4.79 Å². The van der Waals surface area contributed by atoms with Crippen LogP contribution in [0.15, 0.2) is 41.4 Å². The molecule has 0 saturated heterocycles. The molecular formula is C17H18ClN5O3. The van der Waals surface area contributed by atoms with Crippen LogP contribution in [-0.4, -0.2) is 44.1 Å². The van der Waals surface area contributed by atoms with Gasteiger partial charge in [-0.3, -0.25) is 9.78 Å². The Hall–Kier alpha value is -2.87.